The highest BCUT2D eigenvalue weighted by atomic mass is 32.2. The average molecular weight is 391 g/mol. The van der Waals surface area contributed by atoms with E-state index in [4.69, 9.17) is 0 Å². The van der Waals surface area contributed by atoms with Gasteiger partial charge in [0.15, 0.2) is 0 Å². The van der Waals surface area contributed by atoms with Crippen LogP contribution in [0.1, 0.15) is 34.7 Å². The predicted octanol–water partition coefficient (Wildman–Crippen LogP) is 3.24. The number of carbonyl (C=O) groups is 1. The third kappa shape index (κ3) is 4.48. The smallest absolute Gasteiger partial charge is 0.242 e. The van der Waals surface area contributed by atoms with E-state index < -0.39 is 22.0 Å². The van der Waals surface area contributed by atoms with Crippen LogP contribution < -0.4 is 10.0 Å². The number of phenolic OH excluding ortho intramolecular Hbond substituents is 1. The fourth-order valence-electron chi connectivity index (χ4n) is 2.92. The molecule has 2 aromatic rings. The molecule has 27 heavy (non-hydrogen) atoms. The Morgan fingerprint density at radius 1 is 1.00 bits per heavy atom. The fourth-order valence-corrected chi connectivity index (χ4v) is 4.74. The van der Waals surface area contributed by atoms with Gasteiger partial charge in [-0.1, -0.05) is 12.1 Å². The van der Waals surface area contributed by atoms with E-state index in [1.807, 2.05) is 26.8 Å². The van der Waals surface area contributed by atoms with Crippen molar-refractivity contribution < 1.29 is 18.3 Å². The number of benzene rings is 2. The third-order valence-corrected chi connectivity index (χ3v) is 6.52. The van der Waals surface area contributed by atoms with Gasteiger partial charge in [0.2, 0.25) is 15.9 Å². The second kappa shape index (κ2) is 7.70. The van der Waals surface area contributed by atoms with E-state index in [1.54, 1.807) is 26.0 Å². The van der Waals surface area contributed by atoms with Gasteiger partial charge in [-0.25, -0.2) is 8.42 Å². The van der Waals surface area contributed by atoms with Crippen molar-refractivity contribution in [1.82, 2.24) is 4.72 Å². The lowest BCUT2D eigenvalue weighted by Crippen LogP contribution is -2.42. The number of carbonyl (C=O) groups excluding carboxylic acids is 1. The molecule has 0 spiro atoms. The van der Waals surface area contributed by atoms with Crippen LogP contribution in [-0.2, 0) is 14.8 Å². The van der Waals surface area contributed by atoms with Gasteiger partial charge >= 0.3 is 0 Å². The van der Waals surface area contributed by atoms with E-state index in [-0.39, 0.29) is 16.3 Å². The molecule has 2 rings (SSSR count). The van der Waals surface area contributed by atoms with E-state index in [2.05, 4.69) is 10.0 Å². The van der Waals surface area contributed by atoms with Crippen molar-refractivity contribution in [3.8, 4) is 5.75 Å². The number of aryl methyl sites for hydroxylation is 3. The SMILES string of the molecule is Cc1ccc(NC(=O)[C@H](C)NS(=O)(=O)c2c(C)c(C)cc(C)c2C)c(O)c1. The topological polar surface area (TPSA) is 95.5 Å². The molecule has 0 aliphatic heterocycles. The third-order valence-electron chi connectivity index (χ3n) is 4.70. The first-order valence-corrected chi connectivity index (χ1v) is 10.1. The molecule has 1 amide bonds. The largest absolute Gasteiger partial charge is 0.506 e. The van der Waals surface area contributed by atoms with E-state index in [0.29, 0.717) is 11.1 Å². The van der Waals surface area contributed by atoms with E-state index in [9.17, 15) is 18.3 Å². The van der Waals surface area contributed by atoms with Crippen LogP contribution in [-0.4, -0.2) is 25.5 Å². The van der Waals surface area contributed by atoms with Crippen LogP contribution in [0.4, 0.5) is 5.69 Å². The summed E-state index contributed by atoms with van der Waals surface area (Å²) in [5.41, 5.74) is 4.15. The summed E-state index contributed by atoms with van der Waals surface area (Å²) in [5, 5.41) is 12.5. The molecule has 0 aromatic heterocycles. The number of rotatable bonds is 5. The monoisotopic (exact) mass is 390 g/mol. The van der Waals surface area contributed by atoms with Crippen LogP contribution in [0.3, 0.4) is 0 Å². The molecular weight excluding hydrogens is 364 g/mol. The van der Waals surface area contributed by atoms with Gasteiger partial charge in [0, 0.05) is 0 Å². The molecule has 0 heterocycles. The molecule has 0 aliphatic carbocycles. The zero-order valence-corrected chi connectivity index (χ0v) is 17.3. The lowest BCUT2D eigenvalue weighted by molar-refractivity contribution is -0.117. The highest BCUT2D eigenvalue weighted by Crippen LogP contribution is 2.27. The molecule has 1 atom stereocenters. The maximum atomic E-state index is 12.9. The lowest BCUT2D eigenvalue weighted by Gasteiger charge is -2.19. The van der Waals surface area contributed by atoms with Gasteiger partial charge < -0.3 is 10.4 Å². The Balaban J connectivity index is 2.26. The number of phenols is 1. The first kappa shape index (κ1) is 20.9. The molecule has 0 unspecified atom stereocenters. The van der Waals surface area contributed by atoms with Crippen molar-refractivity contribution >= 4 is 21.6 Å². The number of hydrogen-bond donors (Lipinski definition) is 3. The Labute approximate surface area is 160 Å². The normalized spacial score (nSPS) is 12.7. The minimum atomic E-state index is -3.89. The Hall–Kier alpha value is -2.38. The van der Waals surface area contributed by atoms with Gasteiger partial charge in [-0.05, 0) is 81.5 Å². The number of aromatic hydroxyl groups is 1. The Morgan fingerprint density at radius 3 is 2.07 bits per heavy atom. The van der Waals surface area contributed by atoms with Crippen molar-refractivity contribution in [2.45, 2.75) is 52.5 Å². The number of sulfonamides is 1. The van der Waals surface area contributed by atoms with Crippen molar-refractivity contribution in [2.24, 2.45) is 0 Å². The number of nitrogens with one attached hydrogen (secondary N) is 2. The Bertz CT molecular complexity index is 971. The van der Waals surface area contributed by atoms with Crippen LogP contribution >= 0.6 is 0 Å². The molecule has 6 nitrogen and oxygen atoms in total. The highest BCUT2D eigenvalue weighted by Gasteiger charge is 2.26. The second-order valence-corrected chi connectivity index (χ2v) is 8.59. The minimum Gasteiger partial charge on any atom is -0.506 e. The van der Waals surface area contributed by atoms with Crippen molar-refractivity contribution in [3.63, 3.8) is 0 Å². The maximum absolute atomic E-state index is 12.9. The number of anilines is 1. The van der Waals surface area contributed by atoms with E-state index >= 15 is 0 Å². The summed E-state index contributed by atoms with van der Waals surface area (Å²) in [6, 6.07) is 5.76. The molecule has 0 bridgehead atoms. The predicted molar refractivity (Wildman–Crippen MR) is 107 cm³/mol. The molecule has 0 saturated carbocycles. The quantitative estimate of drug-likeness (QED) is 0.683. The van der Waals surface area contributed by atoms with Crippen molar-refractivity contribution in [1.29, 1.82) is 0 Å². The zero-order valence-electron chi connectivity index (χ0n) is 16.5. The molecule has 146 valence electrons. The summed E-state index contributed by atoms with van der Waals surface area (Å²) in [6.07, 6.45) is 0. The van der Waals surface area contributed by atoms with Crippen molar-refractivity contribution in [2.75, 3.05) is 5.32 Å². The molecule has 0 fully saturated rings. The molecule has 2 aromatic carbocycles. The van der Waals surface area contributed by atoms with Gasteiger partial charge in [-0.15, -0.1) is 0 Å². The summed E-state index contributed by atoms with van der Waals surface area (Å²) in [7, 11) is -3.89. The summed E-state index contributed by atoms with van der Waals surface area (Å²) >= 11 is 0. The van der Waals surface area contributed by atoms with Gasteiger partial charge in [0.25, 0.3) is 0 Å². The highest BCUT2D eigenvalue weighted by molar-refractivity contribution is 7.89. The molecule has 7 heteroatoms. The maximum Gasteiger partial charge on any atom is 0.242 e. The Kier molecular flexibility index (Phi) is 5.97. The Morgan fingerprint density at radius 2 is 1.56 bits per heavy atom. The van der Waals surface area contributed by atoms with E-state index in [0.717, 1.165) is 16.7 Å². The summed E-state index contributed by atoms with van der Waals surface area (Å²) in [5.74, 6) is -0.628. The molecule has 0 saturated heterocycles. The van der Waals surface area contributed by atoms with Crippen molar-refractivity contribution in [3.05, 3.63) is 52.1 Å². The molecule has 3 N–H and O–H groups in total. The molecule has 0 radical (unpaired) electrons. The van der Waals surface area contributed by atoms with Crippen LogP contribution in [0.5, 0.6) is 5.75 Å². The van der Waals surface area contributed by atoms with E-state index in [1.165, 1.54) is 13.0 Å². The standard InChI is InChI=1S/C20H26N2O4S/c1-11-7-8-17(18(23)9-11)21-20(24)16(6)22-27(25,26)19-14(4)12(2)10-13(3)15(19)5/h7-10,16,22-23H,1-6H3,(H,21,24)/t16-/m0/s1. The van der Waals surface area contributed by atoms with Crippen LogP contribution in [0.15, 0.2) is 29.2 Å². The van der Waals surface area contributed by atoms with Gasteiger partial charge in [-0.3, -0.25) is 4.79 Å². The van der Waals surface area contributed by atoms with Crippen LogP contribution in [0.2, 0.25) is 0 Å². The summed E-state index contributed by atoms with van der Waals surface area (Å²) in [4.78, 5) is 12.6. The summed E-state index contributed by atoms with van der Waals surface area (Å²) < 4.78 is 28.3. The first-order chi connectivity index (χ1) is 12.4. The zero-order chi connectivity index (χ0) is 20.5. The minimum absolute atomic E-state index is 0.0700. The molecule has 0 aliphatic rings. The van der Waals surface area contributed by atoms with Gasteiger partial charge in [-0.2, -0.15) is 4.72 Å². The number of amides is 1. The summed E-state index contributed by atoms with van der Waals surface area (Å²) in [6.45, 7) is 10.5. The second-order valence-electron chi connectivity index (χ2n) is 6.94. The lowest BCUT2D eigenvalue weighted by atomic mass is 10.0. The van der Waals surface area contributed by atoms with Gasteiger partial charge in [0.05, 0.1) is 16.6 Å². The van der Waals surface area contributed by atoms with Crippen LogP contribution in [0, 0.1) is 34.6 Å². The van der Waals surface area contributed by atoms with Gasteiger partial charge in [0.1, 0.15) is 5.75 Å². The molecular formula is C20H26N2O4S. The average Bonchev–Trinajstić information content (AvgIpc) is 2.55. The van der Waals surface area contributed by atoms with Crippen LogP contribution in [0.25, 0.3) is 0 Å². The number of hydrogen-bond acceptors (Lipinski definition) is 4. The first-order valence-electron chi connectivity index (χ1n) is 8.64. The fraction of sp³-hybridized carbons (Fsp3) is 0.350.